The molecule has 27 heavy (non-hydrogen) atoms. The molecule has 2 heterocycles. The molecule has 9 atom stereocenters. The van der Waals surface area contributed by atoms with Gasteiger partial charge in [0.2, 0.25) is 17.9 Å². The van der Waals surface area contributed by atoms with Gasteiger partial charge < -0.3 is 54.9 Å². The van der Waals surface area contributed by atoms with Gasteiger partial charge in [0.05, 0.1) is 19.3 Å². The second-order valence-corrected chi connectivity index (χ2v) is 6.56. The topological polar surface area (TPSA) is 187 Å². The van der Waals surface area contributed by atoms with E-state index in [4.69, 9.17) is 18.9 Å². The predicted molar refractivity (Wildman–Crippen MR) is 84.8 cm³/mol. The molecular formula is C15H27NO11. The highest BCUT2D eigenvalue weighted by Gasteiger charge is 2.58. The van der Waals surface area contributed by atoms with Crippen LogP contribution in [-0.4, -0.2) is 112 Å². The van der Waals surface area contributed by atoms with Crippen LogP contribution in [0, 0.1) is 0 Å². The van der Waals surface area contributed by atoms with Crippen LogP contribution in [0.1, 0.15) is 13.3 Å². The zero-order valence-electron chi connectivity index (χ0n) is 15.0. The summed E-state index contributed by atoms with van der Waals surface area (Å²) in [6.07, 6.45) is -11.2. The molecule has 9 unspecified atom stereocenters. The van der Waals surface area contributed by atoms with Crippen molar-refractivity contribution in [1.82, 2.24) is 5.32 Å². The molecule has 0 aromatic heterocycles. The SMILES string of the molecule is COC1OC(CO)C(O)C(OC2CC(O)C(O)C(CO)O2)C1(O)NC(C)=O. The smallest absolute Gasteiger partial charge is 0.219 e. The van der Waals surface area contributed by atoms with E-state index >= 15 is 0 Å². The Kier molecular flexibility index (Phi) is 7.49. The van der Waals surface area contributed by atoms with Gasteiger partial charge in [0.15, 0.2) is 6.29 Å². The first-order valence-corrected chi connectivity index (χ1v) is 8.44. The standard InChI is InChI=1S/C15H27NO11/c1-6(19)16-15(23)13(12(22)9(5-18)26-14(15)24-2)27-10-3-7(20)11(21)8(4-17)25-10/h7-14,17-18,20-23H,3-5H2,1-2H3,(H,16,19). The summed E-state index contributed by atoms with van der Waals surface area (Å²) in [4.78, 5) is 11.6. The van der Waals surface area contributed by atoms with Crippen molar-refractivity contribution in [3.05, 3.63) is 0 Å². The lowest BCUT2D eigenvalue weighted by Crippen LogP contribution is -2.74. The van der Waals surface area contributed by atoms with E-state index in [1.54, 1.807) is 0 Å². The zero-order chi connectivity index (χ0) is 20.4. The van der Waals surface area contributed by atoms with Crippen molar-refractivity contribution in [3.63, 3.8) is 0 Å². The van der Waals surface area contributed by atoms with Crippen LogP contribution in [0.25, 0.3) is 0 Å². The maximum absolute atomic E-state index is 11.6. The van der Waals surface area contributed by atoms with Gasteiger partial charge in [-0.1, -0.05) is 0 Å². The van der Waals surface area contributed by atoms with Crippen molar-refractivity contribution >= 4 is 5.91 Å². The van der Waals surface area contributed by atoms with Crippen molar-refractivity contribution in [2.24, 2.45) is 0 Å². The second kappa shape index (κ2) is 9.05. The highest BCUT2D eigenvalue weighted by Crippen LogP contribution is 2.33. The van der Waals surface area contributed by atoms with Crippen molar-refractivity contribution in [1.29, 1.82) is 0 Å². The summed E-state index contributed by atoms with van der Waals surface area (Å²) in [6.45, 7) is -0.126. The number of rotatable bonds is 6. The largest absolute Gasteiger partial charge is 0.394 e. The van der Waals surface area contributed by atoms with E-state index in [9.17, 15) is 35.4 Å². The summed E-state index contributed by atoms with van der Waals surface area (Å²) >= 11 is 0. The summed E-state index contributed by atoms with van der Waals surface area (Å²) in [5.74, 6) is -0.681. The van der Waals surface area contributed by atoms with E-state index in [2.05, 4.69) is 5.32 Å². The van der Waals surface area contributed by atoms with Crippen LogP contribution in [0.3, 0.4) is 0 Å². The van der Waals surface area contributed by atoms with Crippen LogP contribution in [0.15, 0.2) is 0 Å². The maximum atomic E-state index is 11.6. The first-order chi connectivity index (χ1) is 12.7. The number of aliphatic hydroxyl groups excluding tert-OH is 5. The summed E-state index contributed by atoms with van der Waals surface area (Å²) < 4.78 is 21.2. The maximum Gasteiger partial charge on any atom is 0.219 e. The summed E-state index contributed by atoms with van der Waals surface area (Å²) in [5.41, 5.74) is -2.36. The molecule has 2 aliphatic heterocycles. The molecular weight excluding hydrogens is 370 g/mol. The van der Waals surface area contributed by atoms with Gasteiger partial charge in [0.25, 0.3) is 0 Å². The van der Waals surface area contributed by atoms with Gasteiger partial charge in [0, 0.05) is 20.5 Å². The quantitative estimate of drug-likeness (QED) is 0.215. The molecule has 2 rings (SSSR count). The Hall–Kier alpha value is -0.930. The number of aliphatic hydroxyl groups is 6. The summed E-state index contributed by atoms with van der Waals surface area (Å²) in [7, 11) is 1.18. The van der Waals surface area contributed by atoms with Crippen molar-refractivity contribution < 1.29 is 54.4 Å². The summed E-state index contributed by atoms with van der Waals surface area (Å²) in [6, 6.07) is 0. The van der Waals surface area contributed by atoms with Crippen LogP contribution in [-0.2, 0) is 23.7 Å². The van der Waals surface area contributed by atoms with E-state index in [0.717, 1.165) is 6.92 Å². The van der Waals surface area contributed by atoms with Crippen LogP contribution in [0.5, 0.6) is 0 Å². The minimum absolute atomic E-state index is 0.237. The van der Waals surface area contributed by atoms with Crippen LogP contribution < -0.4 is 5.32 Å². The molecule has 12 nitrogen and oxygen atoms in total. The van der Waals surface area contributed by atoms with Crippen molar-refractivity contribution in [3.8, 4) is 0 Å². The van der Waals surface area contributed by atoms with Crippen LogP contribution >= 0.6 is 0 Å². The third-order valence-corrected chi connectivity index (χ3v) is 4.57. The second-order valence-electron chi connectivity index (χ2n) is 6.56. The molecule has 7 N–H and O–H groups in total. The Morgan fingerprint density at radius 1 is 1.15 bits per heavy atom. The molecule has 0 spiro atoms. The fourth-order valence-electron chi connectivity index (χ4n) is 3.23. The number of amides is 1. The fraction of sp³-hybridized carbons (Fsp3) is 0.933. The van der Waals surface area contributed by atoms with Gasteiger partial charge >= 0.3 is 0 Å². The normalized spacial score (nSPS) is 45.5. The highest BCUT2D eigenvalue weighted by molar-refractivity contribution is 5.73. The van der Waals surface area contributed by atoms with E-state index in [-0.39, 0.29) is 6.42 Å². The Labute approximate surface area is 155 Å². The molecule has 0 radical (unpaired) electrons. The monoisotopic (exact) mass is 397 g/mol. The average Bonchev–Trinajstić information content (AvgIpc) is 2.61. The Morgan fingerprint density at radius 3 is 2.26 bits per heavy atom. The molecule has 2 saturated heterocycles. The van der Waals surface area contributed by atoms with Gasteiger partial charge in [-0.05, 0) is 0 Å². The third-order valence-electron chi connectivity index (χ3n) is 4.57. The minimum Gasteiger partial charge on any atom is -0.394 e. The number of hydrogen-bond donors (Lipinski definition) is 7. The molecule has 0 aliphatic carbocycles. The molecule has 0 aromatic carbocycles. The molecule has 2 aliphatic rings. The van der Waals surface area contributed by atoms with E-state index in [1.165, 1.54) is 7.11 Å². The lowest BCUT2D eigenvalue weighted by Gasteiger charge is -2.50. The zero-order valence-corrected chi connectivity index (χ0v) is 15.0. The fourth-order valence-corrected chi connectivity index (χ4v) is 3.23. The number of hydrogen-bond acceptors (Lipinski definition) is 11. The van der Waals surface area contributed by atoms with Crippen LogP contribution in [0.2, 0.25) is 0 Å². The van der Waals surface area contributed by atoms with Crippen molar-refractivity contribution in [2.75, 3.05) is 20.3 Å². The molecule has 12 heteroatoms. The van der Waals surface area contributed by atoms with Crippen molar-refractivity contribution in [2.45, 2.75) is 68.3 Å². The number of carbonyl (C=O) groups is 1. The molecule has 0 aromatic rings. The number of methoxy groups -OCH3 is 1. The third kappa shape index (κ3) is 4.56. The average molecular weight is 397 g/mol. The van der Waals surface area contributed by atoms with Gasteiger partial charge in [-0.2, -0.15) is 0 Å². The predicted octanol–water partition coefficient (Wildman–Crippen LogP) is -4.25. The van der Waals surface area contributed by atoms with E-state index < -0.39 is 74.0 Å². The van der Waals surface area contributed by atoms with Gasteiger partial charge in [-0.15, -0.1) is 0 Å². The number of ether oxygens (including phenoxy) is 4. The first-order valence-electron chi connectivity index (χ1n) is 8.44. The Morgan fingerprint density at radius 2 is 1.74 bits per heavy atom. The Bertz CT molecular complexity index is 508. The highest BCUT2D eigenvalue weighted by atomic mass is 16.7. The molecule has 0 bridgehead atoms. The summed E-state index contributed by atoms with van der Waals surface area (Å²) in [5, 5.41) is 62.0. The van der Waals surface area contributed by atoms with Gasteiger partial charge in [-0.25, -0.2) is 0 Å². The van der Waals surface area contributed by atoms with Crippen LogP contribution in [0.4, 0.5) is 0 Å². The van der Waals surface area contributed by atoms with E-state index in [0.29, 0.717) is 0 Å². The van der Waals surface area contributed by atoms with Gasteiger partial charge in [0.1, 0.15) is 30.5 Å². The number of carbonyl (C=O) groups excluding carboxylic acids is 1. The van der Waals surface area contributed by atoms with Gasteiger partial charge in [-0.3, -0.25) is 4.79 Å². The first kappa shape index (κ1) is 22.4. The lowest BCUT2D eigenvalue weighted by atomic mass is 9.92. The molecule has 1 amide bonds. The van der Waals surface area contributed by atoms with E-state index in [1.807, 2.05) is 0 Å². The molecule has 0 saturated carbocycles. The molecule has 2 fully saturated rings. The molecule has 158 valence electrons. The lowest BCUT2D eigenvalue weighted by molar-refractivity contribution is -0.375. The minimum atomic E-state index is -2.36. The number of nitrogens with one attached hydrogen (secondary N) is 1. The Balaban J connectivity index is 2.28.